The topological polar surface area (TPSA) is 52.6 Å². The standard InChI is InChI=1S/C14H12O2.C6H12O2/c15-14(13-9-5-2-6-10-13)16-11-12-7-3-1-4-8-12;1-3-4-5-8-6(2)7/h1-10H,11H2;3-5H2,1-2H3. The maximum atomic E-state index is 11.6. The van der Waals surface area contributed by atoms with E-state index < -0.39 is 0 Å². The molecular weight excluding hydrogens is 304 g/mol. The van der Waals surface area contributed by atoms with Crippen molar-refractivity contribution in [1.29, 1.82) is 0 Å². The first-order valence-electron chi connectivity index (χ1n) is 8.03. The van der Waals surface area contributed by atoms with E-state index in [0.717, 1.165) is 18.4 Å². The van der Waals surface area contributed by atoms with Crippen LogP contribution in [0.25, 0.3) is 0 Å². The number of rotatable bonds is 6. The smallest absolute Gasteiger partial charge is 0.338 e. The Labute approximate surface area is 143 Å². The highest BCUT2D eigenvalue weighted by Gasteiger charge is 2.05. The summed E-state index contributed by atoms with van der Waals surface area (Å²) >= 11 is 0. The minimum Gasteiger partial charge on any atom is -0.466 e. The Morgan fingerprint density at radius 1 is 0.875 bits per heavy atom. The van der Waals surface area contributed by atoms with Gasteiger partial charge in [-0.1, -0.05) is 61.9 Å². The molecule has 0 amide bonds. The molecule has 0 N–H and O–H groups in total. The van der Waals surface area contributed by atoms with Crippen molar-refractivity contribution in [3.05, 3.63) is 71.8 Å². The zero-order valence-electron chi connectivity index (χ0n) is 14.2. The van der Waals surface area contributed by atoms with Gasteiger partial charge in [0.15, 0.2) is 0 Å². The van der Waals surface area contributed by atoms with Crippen LogP contribution < -0.4 is 0 Å². The molecule has 4 heteroatoms. The van der Waals surface area contributed by atoms with E-state index in [1.165, 1.54) is 6.92 Å². The molecule has 4 nitrogen and oxygen atoms in total. The van der Waals surface area contributed by atoms with Gasteiger partial charge in [0.25, 0.3) is 0 Å². The fourth-order valence-corrected chi connectivity index (χ4v) is 1.74. The highest BCUT2D eigenvalue weighted by molar-refractivity contribution is 5.89. The average Bonchev–Trinajstić information content (AvgIpc) is 2.62. The summed E-state index contributed by atoms with van der Waals surface area (Å²) in [6, 6.07) is 18.6. The highest BCUT2D eigenvalue weighted by Crippen LogP contribution is 2.05. The van der Waals surface area contributed by atoms with Crippen LogP contribution in [0.4, 0.5) is 0 Å². The molecule has 0 saturated heterocycles. The van der Waals surface area contributed by atoms with E-state index in [0.29, 0.717) is 18.8 Å². The van der Waals surface area contributed by atoms with Crippen molar-refractivity contribution < 1.29 is 19.1 Å². The zero-order chi connectivity index (χ0) is 17.6. The van der Waals surface area contributed by atoms with Crippen LogP contribution in [-0.2, 0) is 20.9 Å². The lowest BCUT2D eigenvalue weighted by molar-refractivity contribution is -0.141. The predicted octanol–water partition coefficient (Wildman–Crippen LogP) is 4.39. The monoisotopic (exact) mass is 328 g/mol. The van der Waals surface area contributed by atoms with Crippen LogP contribution in [0.5, 0.6) is 0 Å². The Hall–Kier alpha value is -2.62. The maximum Gasteiger partial charge on any atom is 0.338 e. The largest absolute Gasteiger partial charge is 0.466 e. The van der Waals surface area contributed by atoms with E-state index in [-0.39, 0.29) is 11.9 Å². The van der Waals surface area contributed by atoms with Gasteiger partial charge in [0.05, 0.1) is 12.2 Å². The Balaban J connectivity index is 0.000000307. The lowest BCUT2D eigenvalue weighted by Gasteiger charge is -2.04. The van der Waals surface area contributed by atoms with Gasteiger partial charge < -0.3 is 9.47 Å². The number of ether oxygens (including phenoxy) is 2. The molecule has 0 bridgehead atoms. The van der Waals surface area contributed by atoms with Gasteiger partial charge in [-0.2, -0.15) is 0 Å². The first kappa shape index (κ1) is 19.4. The third-order valence-electron chi connectivity index (χ3n) is 3.03. The second-order valence-corrected chi connectivity index (χ2v) is 5.12. The summed E-state index contributed by atoms with van der Waals surface area (Å²) in [5.74, 6) is -0.470. The molecule has 0 aliphatic carbocycles. The Morgan fingerprint density at radius 3 is 2.00 bits per heavy atom. The molecule has 0 aromatic heterocycles. The number of carbonyl (C=O) groups is 2. The van der Waals surface area contributed by atoms with Gasteiger partial charge in [-0.3, -0.25) is 4.79 Å². The van der Waals surface area contributed by atoms with Crippen molar-refractivity contribution >= 4 is 11.9 Å². The molecule has 0 aliphatic heterocycles. The molecule has 0 saturated carbocycles. The molecule has 0 radical (unpaired) electrons. The number of carbonyl (C=O) groups excluding carboxylic acids is 2. The fraction of sp³-hybridized carbons (Fsp3) is 0.300. The van der Waals surface area contributed by atoms with Crippen LogP contribution in [-0.4, -0.2) is 18.5 Å². The lowest BCUT2D eigenvalue weighted by atomic mass is 10.2. The predicted molar refractivity (Wildman–Crippen MR) is 93.5 cm³/mol. The normalized spacial score (nSPS) is 9.42. The fourth-order valence-electron chi connectivity index (χ4n) is 1.74. The molecular formula is C20H24O4. The van der Waals surface area contributed by atoms with Crippen molar-refractivity contribution in [1.82, 2.24) is 0 Å². The van der Waals surface area contributed by atoms with E-state index in [4.69, 9.17) is 4.74 Å². The summed E-state index contributed by atoms with van der Waals surface area (Å²) in [5.41, 5.74) is 1.57. The van der Waals surface area contributed by atoms with Crippen LogP contribution in [0.15, 0.2) is 60.7 Å². The number of hydrogen-bond donors (Lipinski definition) is 0. The lowest BCUT2D eigenvalue weighted by Crippen LogP contribution is -2.04. The summed E-state index contributed by atoms with van der Waals surface area (Å²) < 4.78 is 9.82. The SMILES string of the molecule is CCCCOC(C)=O.O=C(OCc1ccccc1)c1ccccc1. The van der Waals surface area contributed by atoms with Crippen LogP contribution in [0.3, 0.4) is 0 Å². The summed E-state index contributed by atoms with van der Waals surface area (Å²) in [6.45, 7) is 4.37. The molecule has 2 rings (SSSR count). The van der Waals surface area contributed by atoms with Gasteiger partial charge >= 0.3 is 11.9 Å². The number of benzene rings is 2. The molecule has 128 valence electrons. The van der Waals surface area contributed by atoms with E-state index in [1.807, 2.05) is 48.5 Å². The van der Waals surface area contributed by atoms with E-state index in [2.05, 4.69) is 11.7 Å². The molecule has 2 aromatic carbocycles. The zero-order valence-corrected chi connectivity index (χ0v) is 14.2. The van der Waals surface area contributed by atoms with Crippen LogP contribution >= 0.6 is 0 Å². The Morgan fingerprint density at radius 2 is 1.46 bits per heavy atom. The molecule has 0 spiro atoms. The minimum atomic E-state index is -0.288. The molecule has 0 fully saturated rings. The van der Waals surface area contributed by atoms with Crippen molar-refractivity contribution in [3.63, 3.8) is 0 Å². The Kier molecular flexibility index (Phi) is 9.62. The van der Waals surface area contributed by atoms with Crippen molar-refractivity contribution in [2.75, 3.05) is 6.61 Å². The summed E-state index contributed by atoms with van der Waals surface area (Å²) in [5, 5.41) is 0. The van der Waals surface area contributed by atoms with Crippen LogP contribution in [0.1, 0.15) is 42.6 Å². The quantitative estimate of drug-likeness (QED) is 0.583. The number of unbranched alkanes of at least 4 members (excludes halogenated alkanes) is 1. The maximum absolute atomic E-state index is 11.6. The van der Waals surface area contributed by atoms with Crippen molar-refractivity contribution in [2.24, 2.45) is 0 Å². The number of esters is 2. The Bertz CT molecular complexity index is 594. The molecule has 0 unspecified atom stereocenters. The van der Waals surface area contributed by atoms with Crippen LogP contribution in [0.2, 0.25) is 0 Å². The second-order valence-electron chi connectivity index (χ2n) is 5.12. The van der Waals surface area contributed by atoms with Crippen molar-refractivity contribution in [2.45, 2.75) is 33.3 Å². The molecule has 0 atom stereocenters. The van der Waals surface area contributed by atoms with Gasteiger partial charge in [-0.15, -0.1) is 0 Å². The van der Waals surface area contributed by atoms with Crippen molar-refractivity contribution in [3.8, 4) is 0 Å². The summed E-state index contributed by atoms with van der Waals surface area (Å²) in [7, 11) is 0. The molecule has 0 heterocycles. The first-order valence-corrected chi connectivity index (χ1v) is 8.03. The third-order valence-corrected chi connectivity index (χ3v) is 3.03. The highest BCUT2D eigenvalue weighted by atomic mass is 16.5. The van der Waals surface area contributed by atoms with Gasteiger partial charge in [0.2, 0.25) is 0 Å². The van der Waals surface area contributed by atoms with Gasteiger partial charge in [-0.05, 0) is 24.1 Å². The minimum absolute atomic E-state index is 0.182. The molecule has 0 aliphatic rings. The van der Waals surface area contributed by atoms with Crippen LogP contribution in [0, 0.1) is 0 Å². The summed E-state index contributed by atoms with van der Waals surface area (Å²) in [6.07, 6.45) is 2.05. The van der Waals surface area contributed by atoms with Gasteiger partial charge in [-0.25, -0.2) is 4.79 Å². The third kappa shape index (κ3) is 8.73. The van der Waals surface area contributed by atoms with Gasteiger partial charge in [0.1, 0.15) is 6.61 Å². The average molecular weight is 328 g/mol. The van der Waals surface area contributed by atoms with E-state index >= 15 is 0 Å². The second kappa shape index (κ2) is 11.9. The number of hydrogen-bond acceptors (Lipinski definition) is 4. The first-order chi connectivity index (χ1) is 11.6. The van der Waals surface area contributed by atoms with E-state index in [1.54, 1.807) is 12.1 Å². The summed E-state index contributed by atoms with van der Waals surface area (Å²) in [4.78, 5) is 21.7. The van der Waals surface area contributed by atoms with E-state index in [9.17, 15) is 9.59 Å². The molecule has 24 heavy (non-hydrogen) atoms. The molecule has 2 aromatic rings. The van der Waals surface area contributed by atoms with Gasteiger partial charge in [0, 0.05) is 6.92 Å².